The maximum Gasteiger partial charge on any atom is 0.278 e. The van der Waals surface area contributed by atoms with Crippen LogP contribution in [0.15, 0.2) is 72.4 Å². The van der Waals surface area contributed by atoms with Gasteiger partial charge in [-0.25, -0.2) is 4.39 Å². The number of carbonyl (C=O) groups is 2. The van der Waals surface area contributed by atoms with Crippen molar-refractivity contribution >= 4 is 23.1 Å². The quantitative estimate of drug-likeness (QED) is 0.528. The number of ether oxygens (including phenoxy) is 1. The first-order valence-corrected chi connectivity index (χ1v) is 10.7. The normalized spacial score (nSPS) is 13.6. The Hall–Kier alpha value is -3.93. The molecule has 3 aromatic rings. The van der Waals surface area contributed by atoms with E-state index in [1.807, 2.05) is 32.0 Å². The van der Waals surface area contributed by atoms with Crippen LogP contribution >= 0.6 is 0 Å². The van der Waals surface area contributed by atoms with Crippen molar-refractivity contribution in [3.63, 3.8) is 0 Å². The van der Waals surface area contributed by atoms with Crippen LogP contribution < -0.4 is 10.1 Å². The molecule has 5 nitrogen and oxygen atoms in total. The number of carbonyl (C=O) groups excluding carboxylic acids is 2. The van der Waals surface area contributed by atoms with Gasteiger partial charge in [-0.15, -0.1) is 0 Å². The van der Waals surface area contributed by atoms with Gasteiger partial charge in [-0.05, 0) is 67.3 Å². The fourth-order valence-corrected chi connectivity index (χ4v) is 3.90. The fraction of sp³-hybridized carbons (Fsp3) is 0.185. The standard InChI is InChI=1S/C27H25FN2O3/c1-17-4-13-23(18(2)16-17)29-25-24(20-7-11-22(33-3)12-8-20)26(31)30(27(25)32)15-14-19-5-9-21(28)10-6-19/h4-13,16,29H,14-15H2,1-3H3. The first kappa shape index (κ1) is 22.3. The lowest BCUT2D eigenvalue weighted by Crippen LogP contribution is -2.34. The molecule has 1 aliphatic rings. The summed E-state index contributed by atoms with van der Waals surface area (Å²) in [6.07, 6.45) is 0.435. The molecule has 0 saturated heterocycles. The average Bonchev–Trinajstić information content (AvgIpc) is 3.04. The highest BCUT2D eigenvalue weighted by molar-refractivity contribution is 6.36. The SMILES string of the molecule is COc1ccc(C2=C(Nc3ccc(C)cc3C)C(=O)N(CCc3ccc(F)cc3)C2=O)cc1. The van der Waals surface area contributed by atoms with Crippen LogP contribution in [-0.4, -0.2) is 30.4 Å². The lowest BCUT2D eigenvalue weighted by atomic mass is 10.0. The third-order valence-electron chi connectivity index (χ3n) is 5.73. The van der Waals surface area contributed by atoms with E-state index in [1.54, 1.807) is 43.5 Å². The van der Waals surface area contributed by atoms with Crippen LogP contribution in [0.3, 0.4) is 0 Å². The molecule has 33 heavy (non-hydrogen) atoms. The minimum atomic E-state index is -0.382. The topological polar surface area (TPSA) is 58.6 Å². The largest absolute Gasteiger partial charge is 0.497 e. The van der Waals surface area contributed by atoms with Gasteiger partial charge in [0.25, 0.3) is 11.8 Å². The van der Waals surface area contributed by atoms with E-state index in [2.05, 4.69) is 5.32 Å². The summed E-state index contributed by atoms with van der Waals surface area (Å²) in [5.74, 6) is -0.406. The molecule has 1 heterocycles. The molecule has 1 aliphatic heterocycles. The number of amides is 2. The van der Waals surface area contributed by atoms with E-state index in [4.69, 9.17) is 4.74 Å². The Bertz CT molecular complexity index is 1230. The molecule has 4 rings (SSSR count). The number of benzene rings is 3. The van der Waals surface area contributed by atoms with E-state index in [0.29, 0.717) is 23.3 Å². The summed E-state index contributed by atoms with van der Waals surface area (Å²) in [6.45, 7) is 4.15. The number of anilines is 1. The molecule has 168 valence electrons. The average molecular weight is 445 g/mol. The Labute approximate surface area is 192 Å². The maximum absolute atomic E-state index is 13.4. The summed E-state index contributed by atoms with van der Waals surface area (Å²) >= 11 is 0. The van der Waals surface area contributed by atoms with Crippen LogP contribution in [0.25, 0.3) is 5.57 Å². The van der Waals surface area contributed by atoms with Gasteiger partial charge in [0.15, 0.2) is 0 Å². The van der Waals surface area contributed by atoms with Crippen molar-refractivity contribution in [3.8, 4) is 5.75 Å². The third-order valence-corrected chi connectivity index (χ3v) is 5.73. The monoisotopic (exact) mass is 444 g/mol. The van der Waals surface area contributed by atoms with Gasteiger partial charge in [-0.1, -0.05) is 42.0 Å². The van der Waals surface area contributed by atoms with E-state index in [0.717, 1.165) is 22.4 Å². The highest BCUT2D eigenvalue weighted by Crippen LogP contribution is 2.32. The van der Waals surface area contributed by atoms with Crippen LogP contribution in [0.1, 0.15) is 22.3 Å². The lowest BCUT2D eigenvalue weighted by Gasteiger charge is -2.16. The number of aryl methyl sites for hydroxylation is 2. The Kier molecular flexibility index (Phi) is 6.27. The van der Waals surface area contributed by atoms with Gasteiger partial charge in [0.2, 0.25) is 0 Å². The molecule has 3 aromatic carbocycles. The second-order valence-electron chi connectivity index (χ2n) is 8.06. The smallest absolute Gasteiger partial charge is 0.278 e. The Morgan fingerprint density at radius 2 is 1.61 bits per heavy atom. The first-order valence-electron chi connectivity index (χ1n) is 10.7. The Balaban J connectivity index is 1.67. The number of rotatable bonds is 7. The van der Waals surface area contributed by atoms with Crippen LogP contribution in [0.5, 0.6) is 5.75 Å². The van der Waals surface area contributed by atoms with Crippen LogP contribution in [0.4, 0.5) is 10.1 Å². The first-order chi connectivity index (χ1) is 15.9. The zero-order chi connectivity index (χ0) is 23.5. The van der Waals surface area contributed by atoms with Crippen molar-refractivity contribution < 1.29 is 18.7 Å². The number of nitrogens with zero attached hydrogens (tertiary/aromatic N) is 1. The van der Waals surface area contributed by atoms with E-state index >= 15 is 0 Å². The zero-order valence-corrected chi connectivity index (χ0v) is 18.8. The molecule has 0 bridgehead atoms. The highest BCUT2D eigenvalue weighted by Gasteiger charge is 2.39. The van der Waals surface area contributed by atoms with Gasteiger partial charge in [0.1, 0.15) is 17.3 Å². The predicted molar refractivity (Wildman–Crippen MR) is 126 cm³/mol. The lowest BCUT2D eigenvalue weighted by molar-refractivity contribution is -0.136. The van der Waals surface area contributed by atoms with Crippen molar-refractivity contribution in [2.75, 3.05) is 19.0 Å². The number of hydrogen-bond acceptors (Lipinski definition) is 4. The summed E-state index contributed by atoms with van der Waals surface area (Å²) in [5, 5.41) is 3.22. The summed E-state index contributed by atoms with van der Waals surface area (Å²) in [6, 6.07) is 19.0. The predicted octanol–water partition coefficient (Wildman–Crippen LogP) is 4.89. The van der Waals surface area contributed by atoms with Crippen LogP contribution in [0, 0.1) is 19.7 Å². The van der Waals surface area contributed by atoms with E-state index in [9.17, 15) is 14.0 Å². The minimum Gasteiger partial charge on any atom is -0.497 e. The van der Waals surface area contributed by atoms with Gasteiger partial charge in [0, 0.05) is 12.2 Å². The van der Waals surface area contributed by atoms with Crippen LogP contribution in [-0.2, 0) is 16.0 Å². The van der Waals surface area contributed by atoms with Gasteiger partial charge in [-0.2, -0.15) is 0 Å². The summed E-state index contributed by atoms with van der Waals surface area (Å²) in [7, 11) is 1.57. The van der Waals surface area contributed by atoms with E-state index < -0.39 is 0 Å². The molecule has 6 heteroatoms. The number of nitrogens with one attached hydrogen (secondary N) is 1. The number of halogens is 1. The maximum atomic E-state index is 13.4. The minimum absolute atomic E-state index is 0.195. The molecule has 0 atom stereocenters. The molecule has 1 N–H and O–H groups in total. The van der Waals surface area contributed by atoms with Gasteiger partial charge in [0.05, 0.1) is 12.7 Å². The van der Waals surface area contributed by atoms with Crippen molar-refractivity contribution in [1.29, 1.82) is 0 Å². The van der Waals surface area contributed by atoms with Crippen molar-refractivity contribution in [1.82, 2.24) is 4.90 Å². The van der Waals surface area contributed by atoms with Crippen LogP contribution in [0.2, 0.25) is 0 Å². The highest BCUT2D eigenvalue weighted by atomic mass is 19.1. The molecular weight excluding hydrogens is 419 g/mol. The Morgan fingerprint density at radius 1 is 0.909 bits per heavy atom. The molecule has 0 aliphatic carbocycles. The second-order valence-corrected chi connectivity index (χ2v) is 8.06. The summed E-state index contributed by atoms with van der Waals surface area (Å²) in [5.41, 5.74) is 4.89. The van der Waals surface area contributed by atoms with Crippen molar-refractivity contribution in [2.24, 2.45) is 0 Å². The third kappa shape index (κ3) is 4.65. The number of hydrogen-bond donors (Lipinski definition) is 1. The Morgan fingerprint density at radius 3 is 2.24 bits per heavy atom. The number of imide groups is 1. The molecule has 0 radical (unpaired) electrons. The molecule has 0 fully saturated rings. The zero-order valence-electron chi connectivity index (χ0n) is 18.8. The van der Waals surface area contributed by atoms with E-state index in [1.165, 1.54) is 17.0 Å². The van der Waals surface area contributed by atoms with Crippen molar-refractivity contribution in [2.45, 2.75) is 20.3 Å². The fourth-order valence-electron chi connectivity index (χ4n) is 3.90. The molecular formula is C27H25FN2O3. The number of methoxy groups -OCH3 is 1. The summed E-state index contributed by atoms with van der Waals surface area (Å²) in [4.78, 5) is 28.0. The van der Waals surface area contributed by atoms with Gasteiger partial charge in [-0.3, -0.25) is 14.5 Å². The molecule has 0 aromatic heterocycles. The molecule has 0 unspecified atom stereocenters. The van der Waals surface area contributed by atoms with E-state index in [-0.39, 0.29) is 29.9 Å². The summed E-state index contributed by atoms with van der Waals surface area (Å²) < 4.78 is 18.4. The second kappa shape index (κ2) is 9.28. The molecule has 0 saturated carbocycles. The van der Waals surface area contributed by atoms with Gasteiger partial charge < -0.3 is 10.1 Å². The molecule has 0 spiro atoms. The van der Waals surface area contributed by atoms with Gasteiger partial charge >= 0.3 is 0 Å². The molecule has 2 amide bonds. The van der Waals surface area contributed by atoms with Crippen molar-refractivity contribution in [3.05, 3.63) is 100 Å².